The number of aromatic hydroxyl groups is 1. The van der Waals surface area contributed by atoms with E-state index < -0.39 is 30.1 Å². The van der Waals surface area contributed by atoms with Crippen LogP contribution in [0.15, 0.2) is 53.6 Å². The first-order valence-electron chi connectivity index (χ1n) is 7.59. The van der Waals surface area contributed by atoms with Crippen molar-refractivity contribution in [2.75, 3.05) is 0 Å². The van der Waals surface area contributed by atoms with Crippen LogP contribution in [0.2, 0.25) is 0 Å². The quantitative estimate of drug-likeness (QED) is 0.225. The van der Waals surface area contributed by atoms with Crippen molar-refractivity contribution >= 4 is 23.6 Å². The van der Waals surface area contributed by atoms with Gasteiger partial charge < -0.3 is 10.2 Å². The fourth-order valence-electron chi connectivity index (χ4n) is 2.42. The van der Waals surface area contributed by atoms with Gasteiger partial charge in [0.1, 0.15) is 11.7 Å². The Kier molecular flexibility index (Phi) is 5.85. The van der Waals surface area contributed by atoms with Gasteiger partial charge in [0, 0.05) is 18.4 Å². The van der Waals surface area contributed by atoms with Crippen molar-refractivity contribution in [3.63, 3.8) is 0 Å². The first kappa shape index (κ1) is 18.9. The van der Waals surface area contributed by atoms with Gasteiger partial charge in [0.15, 0.2) is 11.8 Å². The molecule has 0 aliphatic heterocycles. The molecule has 0 saturated carbocycles. The Morgan fingerprint density at radius 2 is 2.04 bits per heavy atom. The molecule has 8 heteroatoms. The largest absolute Gasteiger partial charge is 0.508 e. The van der Waals surface area contributed by atoms with Gasteiger partial charge in [-0.25, -0.2) is 15.4 Å². The highest BCUT2D eigenvalue weighted by Gasteiger charge is 2.33. The number of amides is 1. The molecule has 0 spiro atoms. The number of ketones is 1. The van der Waals surface area contributed by atoms with Crippen molar-refractivity contribution in [1.29, 1.82) is 0 Å². The normalized spacial score (nSPS) is 14.2. The van der Waals surface area contributed by atoms with E-state index in [0.717, 1.165) is 0 Å². The van der Waals surface area contributed by atoms with Crippen LogP contribution in [0.4, 0.5) is 0 Å². The van der Waals surface area contributed by atoms with Crippen LogP contribution in [0.25, 0.3) is 0 Å². The van der Waals surface area contributed by atoms with Crippen LogP contribution in [0.5, 0.6) is 5.75 Å². The Balaban J connectivity index is 2.23. The standard InChI is InChI=1S/C18H16N2O6/c19-20(17(24)14-7-2-1-4-12(14)10-21)15(18(25)26)9-16(23)11-5-3-6-13(22)8-11/h1-3,5-8,15,22H,4,9,19H2,(H,25,26)/t15-/m0/s1. The summed E-state index contributed by atoms with van der Waals surface area (Å²) in [6.45, 7) is 0. The van der Waals surface area contributed by atoms with E-state index in [4.69, 9.17) is 5.84 Å². The summed E-state index contributed by atoms with van der Waals surface area (Å²) in [6, 6.07) is 3.75. The number of carboxylic acids is 1. The van der Waals surface area contributed by atoms with E-state index in [1.807, 2.05) is 0 Å². The summed E-state index contributed by atoms with van der Waals surface area (Å²) < 4.78 is 0. The maximum Gasteiger partial charge on any atom is 0.328 e. The van der Waals surface area contributed by atoms with E-state index in [9.17, 15) is 29.4 Å². The van der Waals surface area contributed by atoms with Crippen LogP contribution < -0.4 is 5.84 Å². The Bertz CT molecular complexity index is 864. The van der Waals surface area contributed by atoms with Gasteiger partial charge in [-0.2, -0.15) is 0 Å². The summed E-state index contributed by atoms with van der Waals surface area (Å²) in [7, 11) is 0. The van der Waals surface area contributed by atoms with E-state index in [1.54, 1.807) is 12.0 Å². The number of phenolic OH excluding ortho intramolecular Hbond substituents is 1. The maximum atomic E-state index is 12.5. The predicted octanol–water partition coefficient (Wildman–Crippen LogP) is 0.765. The second-order valence-corrected chi connectivity index (χ2v) is 5.54. The summed E-state index contributed by atoms with van der Waals surface area (Å²) >= 11 is 0. The third kappa shape index (κ3) is 4.13. The van der Waals surface area contributed by atoms with Crippen molar-refractivity contribution < 1.29 is 29.4 Å². The third-order valence-electron chi connectivity index (χ3n) is 3.80. The number of hydrogen-bond donors (Lipinski definition) is 3. The smallest absolute Gasteiger partial charge is 0.328 e. The minimum atomic E-state index is -1.64. The second-order valence-electron chi connectivity index (χ2n) is 5.54. The molecular formula is C18H16N2O6. The van der Waals surface area contributed by atoms with E-state index in [1.165, 1.54) is 36.4 Å². The summed E-state index contributed by atoms with van der Waals surface area (Å²) in [5, 5.41) is 19.2. The molecule has 0 unspecified atom stereocenters. The molecule has 0 radical (unpaired) electrons. The maximum absolute atomic E-state index is 12.5. The first-order valence-corrected chi connectivity index (χ1v) is 7.59. The summed E-state index contributed by atoms with van der Waals surface area (Å²) in [5.41, 5.74) is 0.0721. The number of hydrogen-bond acceptors (Lipinski definition) is 6. The number of phenols is 1. The molecule has 26 heavy (non-hydrogen) atoms. The molecular weight excluding hydrogens is 340 g/mol. The second kappa shape index (κ2) is 8.06. The van der Waals surface area contributed by atoms with Gasteiger partial charge in [0.2, 0.25) is 0 Å². The van der Waals surface area contributed by atoms with E-state index in [2.05, 4.69) is 0 Å². The molecule has 2 rings (SSSR count). The predicted molar refractivity (Wildman–Crippen MR) is 90.6 cm³/mol. The number of benzene rings is 1. The number of aliphatic carboxylic acids is 1. The fraction of sp³-hybridized carbons (Fsp3) is 0.167. The Labute approximate surface area is 148 Å². The average molecular weight is 356 g/mol. The summed E-state index contributed by atoms with van der Waals surface area (Å²) in [6.07, 6.45) is 4.09. The molecule has 0 fully saturated rings. The van der Waals surface area contributed by atoms with E-state index in [0.29, 0.717) is 5.01 Å². The van der Waals surface area contributed by atoms with Gasteiger partial charge >= 0.3 is 5.97 Å². The highest BCUT2D eigenvalue weighted by molar-refractivity contribution is 6.04. The van der Waals surface area contributed by atoms with Gasteiger partial charge in [-0.05, 0) is 18.2 Å². The van der Waals surface area contributed by atoms with Crippen LogP contribution in [0.1, 0.15) is 23.2 Å². The Hall–Kier alpha value is -3.48. The van der Waals surface area contributed by atoms with E-state index >= 15 is 0 Å². The van der Waals surface area contributed by atoms with Crippen molar-refractivity contribution in [1.82, 2.24) is 5.01 Å². The van der Waals surface area contributed by atoms with Crippen molar-refractivity contribution in [3.8, 4) is 5.75 Å². The molecule has 1 aliphatic rings. The minimum absolute atomic E-state index is 0.0522. The molecule has 0 bridgehead atoms. The average Bonchev–Trinajstić information content (AvgIpc) is 2.64. The van der Waals surface area contributed by atoms with Crippen LogP contribution in [-0.4, -0.2) is 44.9 Å². The van der Waals surface area contributed by atoms with Gasteiger partial charge in [-0.1, -0.05) is 24.3 Å². The van der Waals surface area contributed by atoms with Crippen molar-refractivity contribution in [2.45, 2.75) is 18.9 Å². The number of nitrogens with zero attached hydrogens (tertiary/aromatic N) is 1. The SMILES string of the molecule is NN(C(=O)C1=CC=CCC1=C=O)[C@@H](CC(=O)c1cccc(O)c1)C(=O)O. The number of nitrogens with two attached hydrogens (primary N) is 1. The third-order valence-corrected chi connectivity index (χ3v) is 3.80. The summed E-state index contributed by atoms with van der Waals surface area (Å²) in [4.78, 5) is 47.2. The zero-order chi connectivity index (χ0) is 19.3. The lowest BCUT2D eigenvalue weighted by molar-refractivity contribution is -0.148. The number of Topliss-reactive ketones (excluding diaryl/α,β-unsaturated/α-hetero) is 1. The monoisotopic (exact) mass is 356 g/mol. The molecule has 134 valence electrons. The molecule has 0 heterocycles. The summed E-state index contributed by atoms with van der Waals surface area (Å²) in [5.74, 6) is 4.16. The van der Waals surface area contributed by atoms with Crippen molar-refractivity contribution in [2.24, 2.45) is 5.84 Å². The van der Waals surface area contributed by atoms with Gasteiger partial charge in [0.25, 0.3) is 5.91 Å². The highest BCUT2D eigenvalue weighted by atomic mass is 16.4. The van der Waals surface area contributed by atoms with Crippen LogP contribution in [0, 0.1) is 0 Å². The molecule has 1 atom stereocenters. The number of carbonyl (C=O) groups is 3. The van der Waals surface area contributed by atoms with Crippen LogP contribution >= 0.6 is 0 Å². The number of allylic oxidation sites excluding steroid dienone is 3. The first-order chi connectivity index (χ1) is 12.3. The zero-order valence-corrected chi connectivity index (χ0v) is 13.6. The van der Waals surface area contributed by atoms with Crippen molar-refractivity contribution in [3.05, 3.63) is 59.2 Å². The molecule has 1 aromatic carbocycles. The fourth-order valence-corrected chi connectivity index (χ4v) is 2.42. The molecule has 8 nitrogen and oxygen atoms in total. The number of rotatable bonds is 6. The Morgan fingerprint density at radius 1 is 1.31 bits per heavy atom. The highest BCUT2D eigenvalue weighted by Crippen LogP contribution is 2.21. The topological polar surface area (TPSA) is 138 Å². The number of carbonyl (C=O) groups excluding carboxylic acids is 3. The lowest BCUT2D eigenvalue weighted by Gasteiger charge is -2.25. The van der Waals surface area contributed by atoms with Gasteiger partial charge in [-0.15, -0.1) is 0 Å². The number of carboxylic acid groups (broad SMARTS) is 1. The lowest BCUT2D eigenvalue weighted by atomic mass is 9.97. The molecule has 0 aromatic heterocycles. The Morgan fingerprint density at radius 3 is 2.65 bits per heavy atom. The van der Waals surface area contributed by atoms with Gasteiger partial charge in [0.05, 0.1) is 11.1 Å². The molecule has 0 saturated heterocycles. The minimum Gasteiger partial charge on any atom is -0.508 e. The molecule has 1 aromatic rings. The molecule has 4 N–H and O–H groups in total. The number of hydrazine groups is 1. The zero-order valence-electron chi connectivity index (χ0n) is 13.6. The van der Waals surface area contributed by atoms with E-state index in [-0.39, 0.29) is 28.9 Å². The van der Waals surface area contributed by atoms with Gasteiger partial charge in [-0.3, -0.25) is 14.6 Å². The molecule has 1 aliphatic carbocycles. The lowest BCUT2D eigenvalue weighted by Crippen LogP contribution is -2.51. The van der Waals surface area contributed by atoms with Crippen LogP contribution in [0.3, 0.4) is 0 Å². The van der Waals surface area contributed by atoms with Crippen LogP contribution in [-0.2, 0) is 14.4 Å². The molecule has 1 amide bonds.